The van der Waals surface area contributed by atoms with Gasteiger partial charge >= 0.3 is 6.18 Å². The van der Waals surface area contributed by atoms with E-state index in [-0.39, 0.29) is 18.8 Å². The fourth-order valence-electron chi connectivity index (χ4n) is 2.88. The first-order valence-electron chi connectivity index (χ1n) is 7.87. The zero-order valence-electron chi connectivity index (χ0n) is 13.4. The Kier molecular flexibility index (Phi) is 5.85. The average Bonchev–Trinajstić information content (AvgIpc) is 2.53. The number of alkyl halides is 3. The van der Waals surface area contributed by atoms with E-state index in [1.54, 1.807) is 24.3 Å². The minimum Gasteiger partial charge on any atom is -0.484 e. The van der Waals surface area contributed by atoms with Crippen molar-refractivity contribution in [3.8, 4) is 5.75 Å². The fraction of sp³-hybridized carbons (Fsp3) is 0.529. The topological polar surface area (TPSA) is 55.4 Å². The zero-order valence-corrected chi connectivity index (χ0v) is 13.4. The van der Waals surface area contributed by atoms with E-state index >= 15 is 0 Å². The van der Waals surface area contributed by atoms with Gasteiger partial charge in [-0.3, -0.25) is 9.59 Å². The molecular formula is C17H20F3NO3. The lowest BCUT2D eigenvalue weighted by molar-refractivity contribution is -0.189. The summed E-state index contributed by atoms with van der Waals surface area (Å²) in [7, 11) is 0. The van der Waals surface area contributed by atoms with E-state index in [4.69, 9.17) is 4.74 Å². The van der Waals surface area contributed by atoms with Crippen molar-refractivity contribution in [3.63, 3.8) is 0 Å². The highest BCUT2D eigenvalue weighted by Gasteiger charge is 2.45. The van der Waals surface area contributed by atoms with Crippen LogP contribution in [-0.4, -0.2) is 30.5 Å². The molecule has 132 valence electrons. The lowest BCUT2D eigenvalue weighted by atomic mass is 9.84. The molecule has 1 aliphatic rings. The average molecular weight is 343 g/mol. The molecule has 0 aliphatic heterocycles. The predicted molar refractivity (Wildman–Crippen MR) is 81.9 cm³/mol. The van der Waals surface area contributed by atoms with Crippen molar-refractivity contribution in [1.29, 1.82) is 0 Å². The lowest BCUT2D eigenvalue weighted by Gasteiger charge is -2.33. The molecule has 1 amide bonds. The number of carbonyl (C=O) groups excluding carboxylic acids is 2. The van der Waals surface area contributed by atoms with Crippen LogP contribution >= 0.6 is 0 Å². The minimum absolute atomic E-state index is 0.0435. The molecule has 0 unspecified atom stereocenters. The van der Waals surface area contributed by atoms with Crippen LogP contribution in [0, 0.1) is 5.92 Å². The molecule has 7 heteroatoms. The molecule has 24 heavy (non-hydrogen) atoms. The number of carbonyl (C=O) groups is 2. The number of nitrogens with one attached hydrogen (secondary N) is 1. The molecule has 2 rings (SSSR count). The van der Waals surface area contributed by atoms with Crippen LogP contribution in [-0.2, 0) is 4.79 Å². The third kappa shape index (κ3) is 4.97. The summed E-state index contributed by atoms with van der Waals surface area (Å²) in [5.41, 5.74) is 0.516. The maximum atomic E-state index is 13.0. The van der Waals surface area contributed by atoms with Gasteiger partial charge in [-0.2, -0.15) is 13.2 Å². The Morgan fingerprint density at radius 2 is 1.79 bits per heavy atom. The number of amides is 1. The summed E-state index contributed by atoms with van der Waals surface area (Å²) in [5.74, 6) is -1.78. The molecule has 1 aliphatic carbocycles. The minimum atomic E-state index is -4.30. The molecule has 0 heterocycles. The van der Waals surface area contributed by atoms with Gasteiger partial charge in [-0.1, -0.05) is 12.8 Å². The first-order chi connectivity index (χ1) is 11.3. The van der Waals surface area contributed by atoms with Gasteiger partial charge in [0.05, 0.1) is 5.92 Å². The van der Waals surface area contributed by atoms with Crippen molar-refractivity contribution in [2.75, 3.05) is 6.61 Å². The SMILES string of the molecule is CC(=O)c1ccc(OCC(=O)N[C@H]2CCCC[C@H]2C(F)(F)F)cc1. The summed E-state index contributed by atoms with van der Waals surface area (Å²) in [6.07, 6.45) is -2.74. The highest BCUT2D eigenvalue weighted by molar-refractivity contribution is 5.94. The van der Waals surface area contributed by atoms with Crippen LogP contribution in [0.15, 0.2) is 24.3 Å². The number of ether oxygens (including phenoxy) is 1. The van der Waals surface area contributed by atoms with Crippen molar-refractivity contribution in [2.24, 2.45) is 5.92 Å². The Morgan fingerprint density at radius 1 is 1.17 bits per heavy atom. The highest BCUT2D eigenvalue weighted by Crippen LogP contribution is 2.37. The van der Waals surface area contributed by atoms with E-state index in [9.17, 15) is 22.8 Å². The van der Waals surface area contributed by atoms with Crippen LogP contribution in [0.3, 0.4) is 0 Å². The summed E-state index contributed by atoms with van der Waals surface area (Å²) >= 11 is 0. The number of hydrogen-bond acceptors (Lipinski definition) is 3. The molecule has 1 aromatic carbocycles. The van der Waals surface area contributed by atoms with Crippen molar-refractivity contribution in [2.45, 2.75) is 44.8 Å². The Labute approximate surface area is 138 Å². The van der Waals surface area contributed by atoms with Gasteiger partial charge in [0.25, 0.3) is 5.91 Å². The van der Waals surface area contributed by atoms with Gasteiger partial charge < -0.3 is 10.1 Å². The number of halogens is 3. The van der Waals surface area contributed by atoms with Crippen LogP contribution in [0.5, 0.6) is 5.75 Å². The molecule has 1 N–H and O–H groups in total. The first-order valence-corrected chi connectivity index (χ1v) is 7.87. The molecule has 1 fully saturated rings. The summed E-state index contributed by atoms with van der Waals surface area (Å²) in [6, 6.07) is 5.33. The van der Waals surface area contributed by atoms with Crippen molar-refractivity contribution >= 4 is 11.7 Å². The maximum Gasteiger partial charge on any atom is 0.393 e. The number of Topliss-reactive ketones (excluding diaryl/α,β-unsaturated/α-hetero) is 1. The zero-order chi connectivity index (χ0) is 17.7. The molecule has 0 bridgehead atoms. The highest BCUT2D eigenvalue weighted by atomic mass is 19.4. The van der Waals surface area contributed by atoms with Crippen LogP contribution in [0.4, 0.5) is 13.2 Å². The Hall–Kier alpha value is -2.05. The Morgan fingerprint density at radius 3 is 2.38 bits per heavy atom. The molecule has 4 nitrogen and oxygen atoms in total. The van der Waals surface area contributed by atoms with Crippen LogP contribution in [0.2, 0.25) is 0 Å². The summed E-state index contributed by atoms with van der Waals surface area (Å²) in [5, 5.41) is 2.44. The monoisotopic (exact) mass is 343 g/mol. The molecule has 0 radical (unpaired) electrons. The van der Waals surface area contributed by atoms with Gasteiger partial charge in [0.1, 0.15) is 5.75 Å². The maximum absolute atomic E-state index is 13.0. The Balaban J connectivity index is 1.87. The van der Waals surface area contributed by atoms with E-state index in [2.05, 4.69) is 5.32 Å². The van der Waals surface area contributed by atoms with Crippen molar-refractivity contribution in [1.82, 2.24) is 5.32 Å². The fourth-order valence-corrected chi connectivity index (χ4v) is 2.88. The van der Waals surface area contributed by atoms with Crippen LogP contribution in [0.1, 0.15) is 43.0 Å². The molecule has 1 aromatic rings. The molecule has 0 saturated heterocycles. The Bertz CT molecular complexity index is 584. The standard InChI is InChI=1S/C17H20F3NO3/c1-11(22)12-6-8-13(9-7-12)24-10-16(23)21-15-5-3-2-4-14(15)17(18,19)20/h6-9,14-15H,2-5,10H2,1H3,(H,21,23)/t14-,15+/m1/s1. The molecule has 0 spiro atoms. The van der Waals surface area contributed by atoms with Crippen molar-refractivity contribution in [3.05, 3.63) is 29.8 Å². The summed E-state index contributed by atoms with van der Waals surface area (Å²) in [4.78, 5) is 23.0. The van der Waals surface area contributed by atoms with Gasteiger partial charge in [-0.05, 0) is 44.0 Å². The van der Waals surface area contributed by atoms with Crippen molar-refractivity contribution < 1.29 is 27.5 Å². The second-order valence-electron chi connectivity index (χ2n) is 5.98. The second-order valence-corrected chi connectivity index (χ2v) is 5.98. The number of ketones is 1. The van der Waals surface area contributed by atoms with Gasteiger partial charge in [-0.15, -0.1) is 0 Å². The van der Waals surface area contributed by atoms with Gasteiger partial charge in [0.2, 0.25) is 0 Å². The number of rotatable bonds is 5. The lowest BCUT2D eigenvalue weighted by Crippen LogP contribution is -2.48. The van der Waals surface area contributed by atoms with Gasteiger partial charge in [0.15, 0.2) is 12.4 Å². The third-order valence-corrected chi connectivity index (χ3v) is 4.16. The van der Waals surface area contributed by atoms with E-state index < -0.39 is 24.0 Å². The largest absolute Gasteiger partial charge is 0.484 e. The summed E-state index contributed by atoms with van der Waals surface area (Å²) in [6.45, 7) is 1.07. The quantitative estimate of drug-likeness (QED) is 0.833. The number of hydrogen-bond donors (Lipinski definition) is 1. The molecule has 0 aromatic heterocycles. The third-order valence-electron chi connectivity index (χ3n) is 4.16. The first kappa shape index (κ1) is 18.3. The second kappa shape index (κ2) is 7.68. The molecule has 1 saturated carbocycles. The molecular weight excluding hydrogens is 323 g/mol. The summed E-state index contributed by atoms with van der Waals surface area (Å²) < 4.78 is 44.2. The van der Waals surface area contributed by atoms with E-state index in [1.165, 1.54) is 6.92 Å². The smallest absolute Gasteiger partial charge is 0.393 e. The van der Waals surface area contributed by atoms with Crippen LogP contribution < -0.4 is 10.1 Å². The van der Waals surface area contributed by atoms with E-state index in [0.717, 1.165) is 0 Å². The predicted octanol–water partition coefficient (Wildman–Crippen LogP) is 3.51. The van der Waals surface area contributed by atoms with E-state index in [1.807, 2.05) is 0 Å². The number of benzene rings is 1. The van der Waals surface area contributed by atoms with Gasteiger partial charge in [-0.25, -0.2) is 0 Å². The van der Waals surface area contributed by atoms with E-state index in [0.29, 0.717) is 30.6 Å². The van der Waals surface area contributed by atoms with Gasteiger partial charge in [0, 0.05) is 11.6 Å². The van der Waals surface area contributed by atoms with Crippen LogP contribution in [0.25, 0.3) is 0 Å². The normalized spacial score (nSPS) is 21.2. The molecule has 2 atom stereocenters.